The summed E-state index contributed by atoms with van der Waals surface area (Å²) >= 11 is 0. The molecule has 1 aromatic rings. The zero-order chi connectivity index (χ0) is 14.6. The monoisotopic (exact) mass is 279 g/mol. The summed E-state index contributed by atoms with van der Waals surface area (Å²) in [6.45, 7) is 1.41. The number of carbonyl (C=O) groups excluding carboxylic acids is 2. The lowest BCUT2D eigenvalue weighted by Gasteiger charge is -2.10. The van der Waals surface area contributed by atoms with Gasteiger partial charge in [0.25, 0.3) is 0 Å². The van der Waals surface area contributed by atoms with Crippen molar-refractivity contribution in [2.45, 2.75) is 13.1 Å². The van der Waals surface area contributed by atoms with E-state index in [9.17, 15) is 27.2 Å². The van der Waals surface area contributed by atoms with Crippen molar-refractivity contribution in [2.75, 3.05) is 11.9 Å². The van der Waals surface area contributed by atoms with Crippen LogP contribution in [0.25, 0.3) is 0 Å². The molecule has 0 atom stereocenters. The summed E-state index contributed by atoms with van der Waals surface area (Å²) < 4.78 is 54.5. The van der Waals surface area contributed by atoms with Gasteiger partial charge in [0.05, 0.1) is 12.2 Å². The van der Waals surface area contributed by atoms with Crippen molar-refractivity contribution in [2.24, 2.45) is 0 Å². The van der Waals surface area contributed by atoms with E-state index in [0.29, 0.717) is 12.1 Å². The van der Waals surface area contributed by atoms with E-state index in [1.165, 1.54) is 6.92 Å². The van der Waals surface area contributed by atoms with E-state index in [4.69, 9.17) is 0 Å². The Labute approximate surface area is 105 Å². The maximum Gasteiger partial charge on any atom is 0.419 e. The maximum absolute atomic E-state index is 13.0. The van der Waals surface area contributed by atoms with Gasteiger partial charge in [-0.3, -0.25) is 4.79 Å². The zero-order valence-corrected chi connectivity index (χ0v) is 9.68. The Balaban J connectivity index is 2.92. The van der Waals surface area contributed by atoms with E-state index < -0.39 is 29.4 Å². The molecule has 19 heavy (non-hydrogen) atoms. The van der Waals surface area contributed by atoms with Gasteiger partial charge in [-0.05, 0) is 25.1 Å². The van der Waals surface area contributed by atoms with Crippen LogP contribution in [0.3, 0.4) is 0 Å². The van der Waals surface area contributed by atoms with Crippen molar-refractivity contribution >= 4 is 17.6 Å². The van der Waals surface area contributed by atoms with Crippen molar-refractivity contribution in [1.82, 2.24) is 0 Å². The van der Waals surface area contributed by atoms with Gasteiger partial charge < -0.3 is 10.1 Å². The predicted octanol–water partition coefficient (Wildman–Crippen LogP) is 2.35. The Bertz CT molecular complexity index is 499. The molecule has 0 radical (unpaired) electrons. The summed E-state index contributed by atoms with van der Waals surface area (Å²) in [5.74, 6) is -3.94. The number of rotatable bonds is 2. The maximum atomic E-state index is 13.0. The van der Waals surface area contributed by atoms with Gasteiger partial charge in [-0.2, -0.15) is 13.2 Å². The minimum Gasteiger partial charge on any atom is -0.459 e. The average Bonchev–Trinajstić information content (AvgIpc) is 2.30. The Morgan fingerprint density at radius 1 is 1.32 bits per heavy atom. The minimum atomic E-state index is -4.89. The number of alkyl halides is 3. The fraction of sp³-hybridized carbons (Fsp3) is 0.273. The molecular weight excluding hydrogens is 270 g/mol. The van der Waals surface area contributed by atoms with Crippen LogP contribution in [-0.4, -0.2) is 18.5 Å². The van der Waals surface area contributed by atoms with Crippen LogP contribution in [0.2, 0.25) is 0 Å². The third kappa shape index (κ3) is 3.94. The first kappa shape index (κ1) is 14.9. The van der Waals surface area contributed by atoms with Crippen molar-refractivity contribution in [3.8, 4) is 0 Å². The first-order chi connectivity index (χ1) is 8.75. The number of benzene rings is 1. The third-order valence-electron chi connectivity index (χ3n) is 1.99. The molecule has 1 amide bonds. The van der Waals surface area contributed by atoms with E-state index in [2.05, 4.69) is 4.74 Å². The molecule has 8 heteroatoms. The highest BCUT2D eigenvalue weighted by molar-refractivity contribution is 6.37. The molecule has 1 N–H and O–H groups in total. The van der Waals surface area contributed by atoms with Gasteiger partial charge in [0.2, 0.25) is 0 Å². The molecule has 1 aromatic carbocycles. The largest absolute Gasteiger partial charge is 0.459 e. The molecule has 0 aliphatic carbocycles. The second kappa shape index (κ2) is 5.68. The number of halogens is 4. The number of hydrogen-bond donors (Lipinski definition) is 1. The van der Waals surface area contributed by atoms with E-state index >= 15 is 0 Å². The number of nitrogens with one attached hydrogen (secondary N) is 1. The average molecular weight is 279 g/mol. The number of amides is 1. The smallest absolute Gasteiger partial charge is 0.419 e. The fourth-order valence-corrected chi connectivity index (χ4v) is 1.20. The molecule has 0 aromatic heterocycles. The summed E-state index contributed by atoms with van der Waals surface area (Å²) in [6, 6.07) is 1.84. The highest BCUT2D eigenvalue weighted by Gasteiger charge is 2.34. The molecule has 104 valence electrons. The number of carbonyl (C=O) groups is 2. The van der Waals surface area contributed by atoms with Crippen LogP contribution >= 0.6 is 0 Å². The van der Waals surface area contributed by atoms with Crippen LogP contribution in [0.5, 0.6) is 0 Å². The van der Waals surface area contributed by atoms with E-state index in [-0.39, 0.29) is 12.3 Å². The number of ether oxygens (including phenoxy) is 1. The molecule has 0 saturated heterocycles. The highest BCUT2D eigenvalue weighted by atomic mass is 19.4. The Morgan fingerprint density at radius 3 is 2.47 bits per heavy atom. The summed E-state index contributed by atoms with van der Waals surface area (Å²) in [6.07, 6.45) is -4.89. The summed E-state index contributed by atoms with van der Waals surface area (Å²) in [5.41, 5.74) is -1.89. The fourth-order valence-electron chi connectivity index (χ4n) is 1.20. The van der Waals surface area contributed by atoms with Crippen LogP contribution in [0.15, 0.2) is 18.2 Å². The second-order valence-corrected chi connectivity index (χ2v) is 3.37. The topological polar surface area (TPSA) is 55.4 Å². The molecule has 4 nitrogen and oxygen atoms in total. The van der Waals surface area contributed by atoms with Gasteiger partial charge in [0, 0.05) is 5.69 Å². The van der Waals surface area contributed by atoms with Gasteiger partial charge in [0.1, 0.15) is 5.82 Å². The SMILES string of the molecule is CCOC(=O)C(=O)Nc1ccc(F)c(C(F)(F)F)c1. The van der Waals surface area contributed by atoms with E-state index in [1.807, 2.05) is 5.32 Å². The van der Waals surface area contributed by atoms with E-state index in [1.54, 1.807) is 0 Å². The van der Waals surface area contributed by atoms with Crippen molar-refractivity contribution in [3.05, 3.63) is 29.6 Å². The van der Waals surface area contributed by atoms with Crippen LogP contribution in [0, 0.1) is 5.82 Å². The molecule has 0 unspecified atom stereocenters. The zero-order valence-electron chi connectivity index (χ0n) is 9.68. The van der Waals surface area contributed by atoms with Crippen LogP contribution in [0.4, 0.5) is 23.2 Å². The van der Waals surface area contributed by atoms with Crippen LogP contribution < -0.4 is 5.32 Å². The first-order valence-corrected chi connectivity index (χ1v) is 5.10. The van der Waals surface area contributed by atoms with Gasteiger partial charge >= 0.3 is 18.1 Å². The first-order valence-electron chi connectivity index (χ1n) is 5.10. The highest BCUT2D eigenvalue weighted by Crippen LogP contribution is 2.32. The lowest BCUT2D eigenvalue weighted by molar-refractivity contribution is -0.152. The minimum absolute atomic E-state index is 0.0521. The lowest BCUT2D eigenvalue weighted by Crippen LogP contribution is -2.25. The quantitative estimate of drug-likeness (QED) is 0.513. The van der Waals surface area contributed by atoms with Crippen molar-refractivity contribution < 1.29 is 31.9 Å². The molecule has 0 saturated carbocycles. The summed E-state index contributed by atoms with van der Waals surface area (Å²) in [5, 5.41) is 1.89. The molecule has 0 fully saturated rings. The third-order valence-corrected chi connectivity index (χ3v) is 1.99. The molecule has 1 rings (SSSR count). The Kier molecular flexibility index (Phi) is 4.47. The number of hydrogen-bond acceptors (Lipinski definition) is 3. The second-order valence-electron chi connectivity index (χ2n) is 3.37. The molecule has 0 heterocycles. The summed E-state index contributed by atoms with van der Waals surface area (Å²) in [4.78, 5) is 22.2. The normalized spacial score (nSPS) is 11.0. The standard InChI is InChI=1S/C11H9F4NO3/c1-2-19-10(18)9(17)16-6-3-4-8(12)7(5-6)11(13,14)15/h3-5H,2H2,1H3,(H,16,17). The van der Waals surface area contributed by atoms with Crippen molar-refractivity contribution in [1.29, 1.82) is 0 Å². The van der Waals surface area contributed by atoms with Crippen molar-refractivity contribution in [3.63, 3.8) is 0 Å². The molecule has 0 bridgehead atoms. The van der Waals surface area contributed by atoms with Gasteiger partial charge in [-0.25, -0.2) is 9.18 Å². The van der Waals surface area contributed by atoms with E-state index in [0.717, 1.165) is 6.07 Å². The van der Waals surface area contributed by atoms with Gasteiger partial charge in [0.15, 0.2) is 0 Å². The molecule has 0 aliphatic rings. The lowest BCUT2D eigenvalue weighted by atomic mass is 10.2. The van der Waals surface area contributed by atoms with Crippen LogP contribution in [0.1, 0.15) is 12.5 Å². The summed E-state index contributed by atoms with van der Waals surface area (Å²) in [7, 11) is 0. The number of esters is 1. The number of anilines is 1. The Hall–Kier alpha value is -2.12. The molecule has 0 spiro atoms. The van der Waals surface area contributed by atoms with Gasteiger partial charge in [-0.1, -0.05) is 0 Å². The predicted molar refractivity (Wildman–Crippen MR) is 56.7 cm³/mol. The van der Waals surface area contributed by atoms with Crippen LogP contribution in [-0.2, 0) is 20.5 Å². The van der Waals surface area contributed by atoms with Gasteiger partial charge in [-0.15, -0.1) is 0 Å². The molecular formula is C11H9F4NO3. The molecule has 0 aliphatic heterocycles. The Morgan fingerprint density at radius 2 is 1.95 bits per heavy atom.